The third kappa shape index (κ3) is 2.36. The van der Waals surface area contributed by atoms with E-state index in [-0.39, 0.29) is 0 Å². The number of nitrogens with two attached hydrogens (primary N) is 1. The molecule has 4 heteroatoms. The zero-order chi connectivity index (χ0) is 13.9. The molecule has 0 aliphatic carbocycles. The highest BCUT2D eigenvalue weighted by Crippen LogP contribution is 2.32. The van der Waals surface area contributed by atoms with Gasteiger partial charge >= 0.3 is 0 Å². The lowest BCUT2D eigenvalue weighted by molar-refractivity contribution is 0.375. The lowest BCUT2D eigenvalue weighted by Crippen LogP contribution is -1.94. The van der Waals surface area contributed by atoms with Gasteiger partial charge in [-0.2, -0.15) is 0 Å². The summed E-state index contributed by atoms with van der Waals surface area (Å²) in [6, 6.07) is 16.9. The zero-order valence-corrected chi connectivity index (χ0v) is 11.0. The molecule has 3 rings (SSSR count). The van der Waals surface area contributed by atoms with E-state index in [0.717, 1.165) is 10.9 Å². The number of fused-ring (bicyclic) bond motifs is 1. The molecule has 3 aromatic rings. The monoisotopic (exact) mass is 266 g/mol. The van der Waals surface area contributed by atoms with Crippen molar-refractivity contribution in [3.8, 4) is 17.4 Å². The molecular formula is C16H14N2O2. The Hall–Kier alpha value is -2.75. The third-order valence-corrected chi connectivity index (χ3v) is 2.98. The van der Waals surface area contributed by atoms with Crippen molar-refractivity contribution < 1.29 is 9.47 Å². The minimum atomic E-state index is 0.507. The molecule has 0 saturated carbocycles. The first kappa shape index (κ1) is 12.3. The fourth-order valence-corrected chi connectivity index (χ4v) is 1.99. The minimum absolute atomic E-state index is 0.507. The van der Waals surface area contributed by atoms with Crippen LogP contribution in [0.1, 0.15) is 0 Å². The summed E-state index contributed by atoms with van der Waals surface area (Å²) in [6.45, 7) is 0. The highest BCUT2D eigenvalue weighted by molar-refractivity contribution is 5.78. The normalized spacial score (nSPS) is 10.4. The molecule has 2 N–H and O–H groups in total. The second kappa shape index (κ2) is 5.09. The summed E-state index contributed by atoms with van der Waals surface area (Å²) in [5.41, 5.74) is 7.27. The molecule has 0 bridgehead atoms. The number of hydrogen-bond acceptors (Lipinski definition) is 4. The first-order valence-electron chi connectivity index (χ1n) is 6.23. The molecule has 0 fully saturated rings. The molecule has 0 atom stereocenters. The standard InChI is InChI=1S/C16H14N2O2/c1-19-14-8-7-12(17)10-15(14)20-16-9-6-11-4-2-3-5-13(11)18-16/h2-10H,17H2,1H3. The quantitative estimate of drug-likeness (QED) is 0.736. The topological polar surface area (TPSA) is 57.4 Å². The summed E-state index contributed by atoms with van der Waals surface area (Å²) < 4.78 is 11.0. The maximum atomic E-state index is 5.77. The second-order valence-corrected chi connectivity index (χ2v) is 4.35. The van der Waals surface area contributed by atoms with Gasteiger partial charge < -0.3 is 15.2 Å². The van der Waals surface area contributed by atoms with E-state index in [4.69, 9.17) is 15.2 Å². The Kier molecular flexibility index (Phi) is 3.13. The summed E-state index contributed by atoms with van der Waals surface area (Å²) >= 11 is 0. The molecule has 0 spiro atoms. The smallest absolute Gasteiger partial charge is 0.219 e. The Morgan fingerprint density at radius 3 is 2.65 bits per heavy atom. The molecule has 100 valence electrons. The molecule has 1 aromatic heterocycles. The number of nitrogen functional groups attached to an aromatic ring is 1. The van der Waals surface area contributed by atoms with E-state index >= 15 is 0 Å². The fraction of sp³-hybridized carbons (Fsp3) is 0.0625. The SMILES string of the molecule is COc1ccc(N)cc1Oc1ccc2ccccc2n1. The van der Waals surface area contributed by atoms with Gasteiger partial charge in [-0.05, 0) is 24.3 Å². The Labute approximate surface area is 116 Å². The van der Waals surface area contributed by atoms with Gasteiger partial charge in [0.05, 0.1) is 12.6 Å². The molecule has 1 heterocycles. The van der Waals surface area contributed by atoms with Gasteiger partial charge in [0, 0.05) is 23.2 Å². The average molecular weight is 266 g/mol. The first-order chi connectivity index (χ1) is 9.76. The predicted molar refractivity (Wildman–Crippen MR) is 79.2 cm³/mol. The summed E-state index contributed by atoms with van der Waals surface area (Å²) in [6.07, 6.45) is 0. The van der Waals surface area contributed by atoms with Crippen LogP contribution in [0.5, 0.6) is 17.4 Å². The number of nitrogens with zero attached hydrogens (tertiary/aromatic N) is 1. The van der Waals surface area contributed by atoms with Crippen molar-refractivity contribution in [3.63, 3.8) is 0 Å². The Morgan fingerprint density at radius 1 is 0.950 bits per heavy atom. The van der Waals surface area contributed by atoms with E-state index in [1.165, 1.54) is 0 Å². The number of pyridine rings is 1. The average Bonchev–Trinajstić information content (AvgIpc) is 2.47. The van der Waals surface area contributed by atoms with E-state index in [9.17, 15) is 0 Å². The van der Waals surface area contributed by atoms with Gasteiger partial charge in [0.15, 0.2) is 11.5 Å². The van der Waals surface area contributed by atoms with E-state index in [1.54, 1.807) is 25.3 Å². The molecular weight excluding hydrogens is 252 g/mol. The summed E-state index contributed by atoms with van der Waals surface area (Å²) in [5, 5.41) is 1.07. The van der Waals surface area contributed by atoms with Gasteiger partial charge in [-0.15, -0.1) is 0 Å². The van der Waals surface area contributed by atoms with E-state index < -0.39 is 0 Å². The predicted octanol–water partition coefficient (Wildman–Crippen LogP) is 3.62. The first-order valence-corrected chi connectivity index (χ1v) is 6.23. The molecule has 0 aliphatic heterocycles. The van der Waals surface area contributed by atoms with Crippen LogP contribution in [0.4, 0.5) is 5.69 Å². The van der Waals surface area contributed by atoms with Crippen LogP contribution in [0.25, 0.3) is 10.9 Å². The number of hydrogen-bond donors (Lipinski definition) is 1. The second-order valence-electron chi connectivity index (χ2n) is 4.35. The van der Waals surface area contributed by atoms with Crippen LogP contribution >= 0.6 is 0 Å². The zero-order valence-electron chi connectivity index (χ0n) is 11.0. The third-order valence-electron chi connectivity index (χ3n) is 2.98. The number of para-hydroxylation sites is 1. The van der Waals surface area contributed by atoms with Crippen molar-refractivity contribution in [1.82, 2.24) is 4.98 Å². The number of rotatable bonds is 3. The summed E-state index contributed by atoms with van der Waals surface area (Å²) in [7, 11) is 1.59. The van der Waals surface area contributed by atoms with Gasteiger partial charge in [-0.3, -0.25) is 0 Å². The van der Waals surface area contributed by atoms with Crippen LogP contribution < -0.4 is 15.2 Å². The number of ether oxygens (including phenoxy) is 2. The van der Waals surface area contributed by atoms with Crippen molar-refractivity contribution in [3.05, 3.63) is 54.6 Å². The molecule has 0 saturated heterocycles. The number of aromatic nitrogens is 1. The van der Waals surface area contributed by atoms with Gasteiger partial charge in [0.2, 0.25) is 5.88 Å². The molecule has 0 unspecified atom stereocenters. The maximum absolute atomic E-state index is 5.77. The minimum Gasteiger partial charge on any atom is -0.493 e. The fourth-order valence-electron chi connectivity index (χ4n) is 1.99. The lowest BCUT2D eigenvalue weighted by Gasteiger charge is -2.10. The van der Waals surface area contributed by atoms with Gasteiger partial charge in [-0.1, -0.05) is 18.2 Å². The number of anilines is 1. The van der Waals surface area contributed by atoms with Crippen LogP contribution in [0.15, 0.2) is 54.6 Å². The van der Waals surface area contributed by atoms with E-state index in [0.29, 0.717) is 23.1 Å². The van der Waals surface area contributed by atoms with Crippen LogP contribution in [0.3, 0.4) is 0 Å². The van der Waals surface area contributed by atoms with Crippen molar-refractivity contribution in [2.24, 2.45) is 0 Å². The highest BCUT2D eigenvalue weighted by atomic mass is 16.5. The van der Waals surface area contributed by atoms with Crippen LogP contribution in [-0.2, 0) is 0 Å². The highest BCUT2D eigenvalue weighted by Gasteiger charge is 2.07. The summed E-state index contributed by atoms with van der Waals surface area (Å²) in [4.78, 5) is 4.46. The molecule has 0 radical (unpaired) electrons. The van der Waals surface area contributed by atoms with Gasteiger partial charge in [0.25, 0.3) is 0 Å². The molecule has 0 aliphatic rings. The van der Waals surface area contributed by atoms with Crippen LogP contribution in [0.2, 0.25) is 0 Å². The maximum Gasteiger partial charge on any atom is 0.219 e. The molecule has 2 aromatic carbocycles. The Balaban J connectivity index is 1.98. The van der Waals surface area contributed by atoms with Crippen LogP contribution in [0, 0.1) is 0 Å². The molecule has 4 nitrogen and oxygen atoms in total. The molecule has 0 amide bonds. The largest absolute Gasteiger partial charge is 0.493 e. The molecule has 20 heavy (non-hydrogen) atoms. The van der Waals surface area contributed by atoms with Gasteiger partial charge in [-0.25, -0.2) is 4.98 Å². The van der Waals surface area contributed by atoms with Crippen molar-refractivity contribution in [2.75, 3.05) is 12.8 Å². The van der Waals surface area contributed by atoms with E-state index in [1.807, 2.05) is 36.4 Å². The summed E-state index contributed by atoms with van der Waals surface area (Å²) in [5.74, 6) is 1.68. The Morgan fingerprint density at radius 2 is 1.80 bits per heavy atom. The van der Waals surface area contributed by atoms with E-state index in [2.05, 4.69) is 4.98 Å². The lowest BCUT2D eigenvalue weighted by atomic mass is 10.2. The Bertz CT molecular complexity index is 756. The number of methoxy groups -OCH3 is 1. The van der Waals surface area contributed by atoms with Crippen molar-refractivity contribution in [2.45, 2.75) is 0 Å². The van der Waals surface area contributed by atoms with Gasteiger partial charge in [0.1, 0.15) is 0 Å². The van der Waals surface area contributed by atoms with Crippen LogP contribution in [-0.4, -0.2) is 12.1 Å². The van der Waals surface area contributed by atoms with Crippen molar-refractivity contribution >= 4 is 16.6 Å². The van der Waals surface area contributed by atoms with Crippen molar-refractivity contribution in [1.29, 1.82) is 0 Å². The number of benzene rings is 2.